The molecule has 11 heteroatoms. The summed E-state index contributed by atoms with van der Waals surface area (Å²) in [5, 5.41) is 23.9. The molecule has 2 N–H and O–H groups in total. The maximum absolute atomic E-state index is 15.3. The van der Waals surface area contributed by atoms with Crippen LogP contribution in [-0.4, -0.2) is 91.2 Å². The molecule has 4 aliphatic rings. The number of benzene rings is 1. The van der Waals surface area contributed by atoms with Crippen molar-refractivity contribution >= 4 is 34.2 Å². The third-order valence-electron chi connectivity index (χ3n) is 10.1. The number of halogens is 2. The monoisotopic (exact) mass is 595 g/mol. The molecule has 1 amide bonds. The molecule has 0 radical (unpaired) electrons. The number of amides is 1. The maximum atomic E-state index is 15.3. The number of carbonyl (C=O) groups is 1. The molecule has 2 aliphatic carbocycles. The summed E-state index contributed by atoms with van der Waals surface area (Å²) in [4.78, 5) is 18.7. The van der Waals surface area contributed by atoms with Crippen LogP contribution in [0.3, 0.4) is 0 Å². The number of anilines is 1. The molecule has 42 heavy (non-hydrogen) atoms. The van der Waals surface area contributed by atoms with Crippen molar-refractivity contribution in [1.29, 1.82) is 0 Å². The van der Waals surface area contributed by atoms with Gasteiger partial charge in [-0.25, -0.2) is 4.39 Å². The zero-order chi connectivity index (χ0) is 29.6. The third-order valence-corrected chi connectivity index (χ3v) is 10.5. The number of aliphatic hydroxyl groups is 1. The van der Waals surface area contributed by atoms with Crippen molar-refractivity contribution in [3.8, 4) is 11.1 Å². The Morgan fingerprint density at radius 2 is 2.00 bits per heavy atom. The van der Waals surface area contributed by atoms with Gasteiger partial charge in [-0.2, -0.15) is 10.2 Å². The number of hydrogen-bond donors (Lipinski definition) is 2. The predicted octanol–water partition coefficient (Wildman–Crippen LogP) is 4.69. The van der Waals surface area contributed by atoms with E-state index < -0.39 is 11.4 Å². The Labute approximate surface area is 250 Å². The summed E-state index contributed by atoms with van der Waals surface area (Å²) in [7, 11) is 0. The standard InChI is InChI=1S/C31H39ClFN7O2/c1-5-24(41)38-16-30(17-38)12-20(13-30)40-19(2)25(26-21-14-34-35-23(21)11-22(33)27(26)32)28(36-40)39-10-9-37(15-29(3,4)42)18-31(39)7-6-8-31/h5,11,14,20,42H,1,6-10,12-13,15-18H2,2-4H3,(H,34,35). The first kappa shape index (κ1) is 27.9. The number of hydrogen-bond acceptors (Lipinski definition) is 6. The lowest BCUT2D eigenvalue weighted by Gasteiger charge is -2.59. The topological polar surface area (TPSA) is 93.5 Å². The van der Waals surface area contributed by atoms with Crippen LogP contribution in [0.15, 0.2) is 24.9 Å². The van der Waals surface area contributed by atoms with Crippen molar-refractivity contribution < 1.29 is 14.3 Å². The lowest BCUT2D eigenvalue weighted by Crippen LogP contribution is -2.67. The number of carbonyl (C=O) groups excluding carboxylic acids is 1. The average molecular weight is 596 g/mol. The third kappa shape index (κ3) is 4.28. The van der Waals surface area contributed by atoms with Crippen molar-refractivity contribution in [3.05, 3.63) is 41.5 Å². The minimum absolute atomic E-state index is 0.0108. The van der Waals surface area contributed by atoms with Gasteiger partial charge in [0.1, 0.15) is 5.82 Å². The number of piperazine rings is 1. The number of nitrogens with zero attached hydrogens (tertiary/aromatic N) is 6. The molecule has 0 bridgehead atoms. The molecule has 2 aliphatic heterocycles. The number of nitrogens with one attached hydrogen (secondary N) is 1. The van der Waals surface area contributed by atoms with Gasteiger partial charge < -0.3 is 14.9 Å². The Balaban J connectivity index is 1.29. The Bertz CT molecular complexity index is 1570. The molecule has 1 aromatic carbocycles. The summed E-state index contributed by atoms with van der Waals surface area (Å²) >= 11 is 6.78. The van der Waals surface area contributed by atoms with Crippen LogP contribution >= 0.6 is 11.6 Å². The zero-order valence-corrected chi connectivity index (χ0v) is 25.3. The Morgan fingerprint density at radius 1 is 1.26 bits per heavy atom. The quantitative estimate of drug-likeness (QED) is 0.402. The first-order valence-electron chi connectivity index (χ1n) is 15.0. The SMILES string of the molecule is C=CC(=O)N1CC2(CC(n3nc(N4CCN(CC(C)(C)O)CC45CCC5)c(-c4c(Cl)c(F)cc5[nH]ncc45)c3C)C2)C1. The molecule has 224 valence electrons. The van der Waals surface area contributed by atoms with E-state index in [1.165, 1.54) is 12.1 Å². The van der Waals surface area contributed by atoms with Crippen LogP contribution in [0.1, 0.15) is 57.7 Å². The molecular formula is C31H39ClFN7O2. The van der Waals surface area contributed by atoms with Crippen molar-refractivity contribution in [3.63, 3.8) is 0 Å². The largest absolute Gasteiger partial charge is 0.389 e. The smallest absolute Gasteiger partial charge is 0.245 e. The lowest BCUT2D eigenvalue weighted by molar-refractivity contribution is -0.149. The van der Waals surface area contributed by atoms with Gasteiger partial charge in [-0.05, 0) is 59.0 Å². The van der Waals surface area contributed by atoms with Crippen LogP contribution in [-0.2, 0) is 4.79 Å². The van der Waals surface area contributed by atoms with Crippen LogP contribution in [0.5, 0.6) is 0 Å². The van der Waals surface area contributed by atoms with Gasteiger partial charge in [0.2, 0.25) is 5.91 Å². The van der Waals surface area contributed by atoms with E-state index in [1.54, 1.807) is 6.20 Å². The molecule has 2 spiro atoms. The highest BCUT2D eigenvalue weighted by molar-refractivity contribution is 6.35. The molecule has 9 nitrogen and oxygen atoms in total. The number of β-amino-alcohol motifs (C(OH)–C–C–N with tert-alkyl or cyclic N) is 1. The van der Waals surface area contributed by atoms with Crippen molar-refractivity contribution in [2.45, 2.75) is 70.1 Å². The van der Waals surface area contributed by atoms with E-state index in [9.17, 15) is 9.90 Å². The summed E-state index contributed by atoms with van der Waals surface area (Å²) in [5.74, 6) is 0.352. The van der Waals surface area contributed by atoms with E-state index in [1.807, 2.05) is 18.7 Å². The molecule has 0 unspecified atom stereocenters. The fraction of sp³-hybridized carbons (Fsp3) is 0.581. The van der Waals surface area contributed by atoms with Gasteiger partial charge in [-0.3, -0.25) is 19.5 Å². The van der Waals surface area contributed by atoms with Gasteiger partial charge in [0.25, 0.3) is 0 Å². The molecule has 7 rings (SSSR count). The van der Waals surface area contributed by atoms with Crippen LogP contribution in [0.25, 0.3) is 22.0 Å². The van der Waals surface area contributed by atoms with Crippen molar-refractivity contribution in [1.82, 2.24) is 29.8 Å². The molecule has 4 heterocycles. The summed E-state index contributed by atoms with van der Waals surface area (Å²) in [6.07, 6.45) is 8.21. The van der Waals surface area contributed by atoms with E-state index in [-0.39, 0.29) is 27.9 Å². The van der Waals surface area contributed by atoms with Gasteiger partial charge in [0.05, 0.1) is 33.9 Å². The van der Waals surface area contributed by atoms with Crippen LogP contribution < -0.4 is 4.90 Å². The second-order valence-corrected chi connectivity index (χ2v) is 14.2. The average Bonchev–Trinajstić information content (AvgIpc) is 3.45. The lowest BCUT2D eigenvalue weighted by atomic mass is 9.60. The fourth-order valence-corrected chi connectivity index (χ4v) is 8.37. The second kappa shape index (κ2) is 9.53. The second-order valence-electron chi connectivity index (χ2n) is 13.8. The number of fused-ring (bicyclic) bond motifs is 1. The molecule has 2 saturated heterocycles. The minimum atomic E-state index is -0.772. The minimum Gasteiger partial charge on any atom is -0.389 e. The summed E-state index contributed by atoms with van der Waals surface area (Å²) < 4.78 is 17.4. The van der Waals surface area contributed by atoms with Crippen molar-refractivity contribution in [2.75, 3.05) is 44.2 Å². The van der Waals surface area contributed by atoms with Gasteiger partial charge in [0, 0.05) is 73.0 Å². The molecule has 2 aromatic heterocycles. The number of likely N-dealkylation sites (tertiary alicyclic amines) is 1. The Morgan fingerprint density at radius 3 is 2.64 bits per heavy atom. The van der Waals surface area contributed by atoms with Gasteiger partial charge in [-0.15, -0.1) is 0 Å². The fourth-order valence-electron chi connectivity index (χ4n) is 8.12. The van der Waals surface area contributed by atoms with E-state index in [0.29, 0.717) is 17.6 Å². The Kier molecular flexibility index (Phi) is 6.32. The normalized spacial score (nSPS) is 22.0. The summed E-state index contributed by atoms with van der Waals surface area (Å²) in [6.45, 7) is 13.9. The molecule has 3 aromatic rings. The Hall–Kier alpha value is -2.95. The highest BCUT2D eigenvalue weighted by Gasteiger charge is 2.55. The zero-order valence-electron chi connectivity index (χ0n) is 24.6. The molecule has 2 saturated carbocycles. The number of rotatable bonds is 6. The van der Waals surface area contributed by atoms with Gasteiger partial charge in [0.15, 0.2) is 5.82 Å². The molecule has 0 atom stereocenters. The van der Waals surface area contributed by atoms with Crippen LogP contribution in [0, 0.1) is 18.2 Å². The van der Waals surface area contributed by atoms with E-state index in [2.05, 4.69) is 38.2 Å². The van der Waals surface area contributed by atoms with Crippen LogP contribution in [0.2, 0.25) is 5.02 Å². The maximum Gasteiger partial charge on any atom is 0.245 e. The first-order chi connectivity index (χ1) is 19.9. The first-order valence-corrected chi connectivity index (χ1v) is 15.3. The summed E-state index contributed by atoms with van der Waals surface area (Å²) in [5.41, 5.74) is 2.33. The number of H-pyrrole nitrogens is 1. The summed E-state index contributed by atoms with van der Waals surface area (Å²) in [6, 6.07) is 1.60. The van der Waals surface area contributed by atoms with Crippen molar-refractivity contribution in [2.24, 2.45) is 5.41 Å². The number of aromatic amines is 1. The van der Waals surface area contributed by atoms with Crippen LogP contribution in [0.4, 0.5) is 10.2 Å². The highest BCUT2D eigenvalue weighted by Crippen LogP contribution is 2.56. The van der Waals surface area contributed by atoms with Gasteiger partial charge >= 0.3 is 0 Å². The van der Waals surface area contributed by atoms with E-state index in [4.69, 9.17) is 16.7 Å². The number of aromatic nitrogens is 4. The molecular weight excluding hydrogens is 557 g/mol. The van der Waals surface area contributed by atoms with E-state index in [0.717, 1.165) is 87.3 Å². The van der Waals surface area contributed by atoms with E-state index >= 15 is 4.39 Å². The predicted molar refractivity (Wildman–Crippen MR) is 161 cm³/mol. The van der Waals surface area contributed by atoms with Gasteiger partial charge in [-0.1, -0.05) is 18.2 Å². The highest BCUT2D eigenvalue weighted by atomic mass is 35.5. The molecule has 4 fully saturated rings.